The minimum absolute atomic E-state index is 0.355. The molecule has 0 heterocycles. The number of rotatable bonds is 7. The van der Waals surface area contributed by atoms with Crippen molar-refractivity contribution < 1.29 is 5.11 Å². The van der Waals surface area contributed by atoms with Crippen molar-refractivity contribution in [1.29, 1.82) is 0 Å². The Morgan fingerprint density at radius 3 is 2.35 bits per heavy atom. The monoisotopic (exact) mass is 275 g/mol. The van der Waals surface area contributed by atoms with Gasteiger partial charge in [0.25, 0.3) is 0 Å². The van der Waals surface area contributed by atoms with E-state index in [9.17, 15) is 5.11 Å². The van der Waals surface area contributed by atoms with Crippen LogP contribution in [0.25, 0.3) is 0 Å². The van der Waals surface area contributed by atoms with Crippen LogP contribution in [0.15, 0.2) is 24.3 Å². The zero-order chi connectivity index (χ0) is 14.4. The van der Waals surface area contributed by atoms with Gasteiger partial charge in [-0.2, -0.15) is 0 Å². The van der Waals surface area contributed by atoms with E-state index in [1.807, 2.05) is 0 Å². The van der Waals surface area contributed by atoms with Gasteiger partial charge in [0.1, 0.15) is 0 Å². The van der Waals surface area contributed by atoms with Gasteiger partial charge in [-0.3, -0.25) is 4.90 Å². The molecular weight excluding hydrogens is 246 g/mol. The van der Waals surface area contributed by atoms with Crippen molar-refractivity contribution in [3.05, 3.63) is 35.4 Å². The minimum atomic E-state index is -0.355. The lowest BCUT2D eigenvalue weighted by atomic mass is 10.0. The van der Waals surface area contributed by atoms with E-state index in [1.165, 1.54) is 37.7 Å². The molecule has 0 amide bonds. The summed E-state index contributed by atoms with van der Waals surface area (Å²) in [6, 6.07) is 9.20. The number of nitrogens with zero attached hydrogens (tertiary/aromatic N) is 1. The van der Waals surface area contributed by atoms with Crippen molar-refractivity contribution in [2.24, 2.45) is 0 Å². The largest absolute Gasteiger partial charge is 0.387 e. The number of hydrogen-bond acceptors (Lipinski definition) is 2. The molecule has 1 aromatic rings. The molecule has 1 fully saturated rings. The molecule has 20 heavy (non-hydrogen) atoms. The number of aryl methyl sites for hydroxylation is 1. The summed E-state index contributed by atoms with van der Waals surface area (Å²) in [5.74, 6) is 0. The fraction of sp³-hybridized carbons (Fsp3) is 0.667. The number of likely N-dealkylation sites (N-methyl/N-ethyl adjacent to an activating group) is 1. The van der Waals surface area contributed by atoms with Gasteiger partial charge in [0.05, 0.1) is 6.10 Å². The summed E-state index contributed by atoms with van der Waals surface area (Å²) in [5.41, 5.74) is 2.42. The van der Waals surface area contributed by atoms with Crippen LogP contribution in [0.1, 0.15) is 63.2 Å². The van der Waals surface area contributed by atoms with Gasteiger partial charge in [-0.25, -0.2) is 0 Å². The van der Waals surface area contributed by atoms with Crippen LogP contribution in [0.5, 0.6) is 0 Å². The third kappa shape index (κ3) is 4.07. The lowest BCUT2D eigenvalue weighted by Gasteiger charge is -2.29. The van der Waals surface area contributed by atoms with E-state index in [0.29, 0.717) is 6.04 Å². The van der Waals surface area contributed by atoms with Crippen LogP contribution in [0.4, 0.5) is 0 Å². The van der Waals surface area contributed by atoms with E-state index in [2.05, 4.69) is 43.0 Å². The van der Waals surface area contributed by atoms with E-state index >= 15 is 0 Å². The lowest BCUT2D eigenvalue weighted by molar-refractivity contribution is 0.0914. The van der Waals surface area contributed by atoms with Crippen molar-refractivity contribution >= 4 is 0 Å². The predicted molar refractivity (Wildman–Crippen MR) is 84.9 cm³/mol. The fourth-order valence-electron chi connectivity index (χ4n) is 3.33. The summed E-state index contributed by atoms with van der Waals surface area (Å²) in [4.78, 5) is 2.46. The second-order valence-electron chi connectivity index (χ2n) is 6.03. The summed E-state index contributed by atoms with van der Waals surface area (Å²) < 4.78 is 0. The molecule has 0 bridgehead atoms. The highest BCUT2D eigenvalue weighted by Gasteiger charge is 2.23. The molecule has 0 aromatic heterocycles. The predicted octanol–water partition coefficient (Wildman–Crippen LogP) is 3.94. The van der Waals surface area contributed by atoms with E-state index < -0.39 is 0 Å². The average molecular weight is 275 g/mol. The molecule has 1 aromatic carbocycles. The van der Waals surface area contributed by atoms with E-state index in [0.717, 1.165) is 25.1 Å². The van der Waals surface area contributed by atoms with E-state index in [4.69, 9.17) is 0 Å². The molecular formula is C18H29NO. The smallest absolute Gasteiger partial charge is 0.0917 e. The van der Waals surface area contributed by atoms with E-state index in [1.54, 1.807) is 0 Å². The van der Waals surface area contributed by atoms with Crippen LogP contribution in [-0.2, 0) is 6.42 Å². The molecule has 0 radical (unpaired) electrons. The topological polar surface area (TPSA) is 23.5 Å². The Labute approximate surface area is 123 Å². The molecule has 0 spiro atoms. The summed E-state index contributed by atoms with van der Waals surface area (Å²) >= 11 is 0. The first-order valence-electron chi connectivity index (χ1n) is 8.25. The molecule has 2 rings (SSSR count). The Balaban J connectivity index is 1.93. The number of hydrogen-bond donors (Lipinski definition) is 1. The molecule has 2 nitrogen and oxygen atoms in total. The first kappa shape index (κ1) is 15.5. The van der Waals surface area contributed by atoms with Crippen LogP contribution < -0.4 is 0 Å². The molecule has 0 saturated heterocycles. The summed E-state index contributed by atoms with van der Waals surface area (Å²) in [6.07, 6.45) is 7.25. The maximum absolute atomic E-state index is 10.5. The maximum atomic E-state index is 10.5. The molecule has 1 N–H and O–H groups in total. The summed E-state index contributed by atoms with van der Waals surface area (Å²) in [5, 5.41) is 10.5. The Bertz CT molecular complexity index is 381. The summed E-state index contributed by atoms with van der Waals surface area (Å²) in [7, 11) is 0. The zero-order valence-corrected chi connectivity index (χ0v) is 13.0. The van der Waals surface area contributed by atoms with E-state index in [-0.39, 0.29) is 6.10 Å². The Morgan fingerprint density at radius 2 is 1.80 bits per heavy atom. The third-order valence-corrected chi connectivity index (χ3v) is 4.56. The zero-order valence-electron chi connectivity index (χ0n) is 13.0. The maximum Gasteiger partial charge on any atom is 0.0917 e. The van der Waals surface area contributed by atoms with Gasteiger partial charge in [-0.05, 0) is 36.9 Å². The highest BCUT2D eigenvalue weighted by molar-refractivity contribution is 5.24. The van der Waals surface area contributed by atoms with Crippen molar-refractivity contribution in [3.8, 4) is 0 Å². The second kappa shape index (κ2) is 7.80. The third-order valence-electron chi connectivity index (χ3n) is 4.56. The van der Waals surface area contributed by atoms with Gasteiger partial charge < -0.3 is 5.11 Å². The average Bonchev–Trinajstić information content (AvgIpc) is 2.99. The molecule has 1 aliphatic rings. The quantitative estimate of drug-likeness (QED) is 0.815. The van der Waals surface area contributed by atoms with Crippen molar-refractivity contribution in [2.45, 2.75) is 64.5 Å². The van der Waals surface area contributed by atoms with Crippen molar-refractivity contribution in [1.82, 2.24) is 4.90 Å². The SMILES string of the molecule is CCCc1ccc(C(O)CN(CC)C2CCCC2)cc1. The summed E-state index contributed by atoms with van der Waals surface area (Å²) in [6.45, 7) is 6.21. The Hall–Kier alpha value is -0.860. The van der Waals surface area contributed by atoms with Gasteiger partial charge >= 0.3 is 0 Å². The molecule has 1 aliphatic carbocycles. The fourth-order valence-corrected chi connectivity index (χ4v) is 3.33. The highest BCUT2D eigenvalue weighted by atomic mass is 16.3. The Kier molecular flexibility index (Phi) is 6.06. The van der Waals surface area contributed by atoms with Gasteiger partial charge in [0, 0.05) is 12.6 Å². The molecule has 0 aliphatic heterocycles. The molecule has 2 heteroatoms. The minimum Gasteiger partial charge on any atom is -0.387 e. The van der Waals surface area contributed by atoms with Crippen LogP contribution >= 0.6 is 0 Å². The van der Waals surface area contributed by atoms with Crippen LogP contribution in [-0.4, -0.2) is 29.1 Å². The number of benzene rings is 1. The van der Waals surface area contributed by atoms with Crippen LogP contribution in [0.3, 0.4) is 0 Å². The van der Waals surface area contributed by atoms with Crippen LogP contribution in [0, 0.1) is 0 Å². The van der Waals surface area contributed by atoms with Gasteiger partial charge in [-0.1, -0.05) is 57.4 Å². The lowest BCUT2D eigenvalue weighted by Crippen LogP contribution is -2.36. The molecule has 1 saturated carbocycles. The standard InChI is InChI=1S/C18H29NO/c1-3-7-15-10-12-16(13-11-15)18(20)14-19(4-2)17-8-5-6-9-17/h10-13,17-18,20H,3-9,14H2,1-2H3. The molecule has 1 atom stereocenters. The first-order valence-corrected chi connectivity index (χ1v) is 8.25. The Morgan fingerprint density at radius 1 is 1.15 bits per heavy atom. The van der Waals surface area contributed by atoms with Gasteiger partial charge in [-0.15, -0.1) is 0 Å². The second-order valence-corrected chi connectivity index (χ2v) is 6.03. The number of aliphatic hydroxyl groups excluding tert-OH is 1. The van der Waals surface area contributed by atoms with Crippen molar-refractivity contribution in [3.63, 3.8) is 0 Å². The normalized spacial score (nSPS) is 17.8. The molecule has 112 valence electrons. The first-order chi connectivity index (χ1) is 9.74. The van der Waals surface area contributed by atoms with Gasteiger partial charge in [0.15, 0.2) is 0 Å². The molecule has 1 unspecified atom stereocenters. The van der Waals surface area contributed by atoms with Gasteiger partial charge in [0.2, 0.25) is 0 Å². The highest BCUT2D eigenvalue weighted by Crippen LogP contribution is 2.25. The van der Waals surface area contributed by atoms with Crippen LogP contribution in [0.2, 0.25) is 0 Å². The van der Waals surface area contributed by atoms with Crippen molar-refractivity contribution in [2.75, 3.05) is 13.1 Å². The number of aliphatic hydroxyl groups is 1.